The van der Waals surface area contributed by atoms with Crippen molar-refractivity contribution >= 4 is 11.7 Å². The van der Waals surface area contributed by atoms with Gasteiger partial charge in [0, 0.05) is 24.9 Å². The minimum Gasteiger partial charge on any atom is -0.457 e. The minimum absolute atomic E-state index is 0.0973. The van der Waals surface area contributed by atoms with E-state index >= 15 is 0 Å². The molecule has 0 aliphatic heterocycles. The third kappa shape index (κ3) is 7.60. The van der Waals surface area contributed by atoms with E-state index in [1.807, 2.05) is 54.6 Å². The first kappa shape index (κ1) is 25.8. The molecule has 8 heteroatoms. The average Bonchev–Trinajstić information content (AvgIpc) is 2.87. The molecule has 3 rings (SSSR count). The molecule has 8 nitrogen and oxygen atoms in total. The highest BCUT2D eigenvalue weighted by atomic mass is 16.5. The summed E-state index contributed by atoms with van der Waals surface area (Å²) in [4.78, 5) is 16.6. The lowest BCUT2D eigenvalue weighted by Crippen LogP contribution is -2.41. The molecular weight excluding hydrogens is 440 g/mol. The molecule has 0 bridgehead atoms. The predicted octanol–water partition coefficient (Wildman–Crippen LogP) is 2.89. The fourth-order valence-electron chi connectivity index (χ4n) is 4.04. The second-order valence-electron chi connectivity index (χ2n) is 8.29. The maximum absolute atomic E-state index is 11.7. The molecule has 0 spiro atoms. The van der Waals surface area contributed by atoms with Crippen LogP contribution >= 0.6 is 0 Å². The van der Waals surface area contributed by atoms with Gasteiger partial charge < -0.3 is 26.9 Å². The van der Waals surface area contributed by atoms with Crippen LogP contribution in [0.5, 0.6) is 11.5 Å². The van der Waals surface area contributed by atoms with Gasteiger partial charge in [-0.1, -0.05) is 36.3 Å². The number of carbonyl (C=O) groups excluding carboxylic acids is 1. The number of amidine groups is 1. The second-order valence-corrected chi connectivity index (χ2v) is 8.29. The zero-order chi connectivity index (χ0) is 25.0. The van der Waals surface area contributed by atoms with E-state index in [1.54, 1.807) is 14.0 Å². The molecule has 0 heterocycles. The lowest BCUT2D eigenvalue weighted by Gasteiger charge is -2.28. The lowest BCUT2D eigenvalue weighted by atomic mass is 9.91. The second kappa shape index (κ2) is 13.2. The van der Waals surface area contributed by atoms with Crippen LogP contribution in [0.25, 0.3) is 0 Å². The van der Waals surface area contributed by atoms with Gasteiger partial charge in [0.1, 0.15) is 17.3 Å². The van der Waals surface area contributed by atoms with Gasteiger partial charge in [-0.2, -0.15) is 0 Å². The molecule has 1 atom stereocenters. The van der Waals surface area contributed by atoms with E-state index < -0.39 is 6.04 Å². The molecule has 1 fully saturated rings. The van der Waals surface area contributed by atoms with Crippen LogP contribution in [0.1, 0.15) is 44.2 Å². The highest BCUT2D eigenvalue weighted by Gasteiger charge is 2.24. The molecule has 1 amide bonds. The van der Waals surface area contributed by atoms with Crippen molar-refractivity contribution in [3.8, 4) is 23.3 Å². The first-order chi connectivity index (χ1) is 17.0. The maximum atomic E-state index is 11.7. The van der Waals surface area contributed by atoms with Crippen LogP contribution in [0.15, 0.2) is 71.4 Å². The van der Waals surface area contributed by atoms with Gasteiger partial charge in [0.2, 0.25) is 0 Å². The fraction of sp³-hybridized carbons (Fsp3) is 0.333. The Labute approximate surface area is 207 Å². The molecule has 0 radical (unpaired) electrons. The van der Waals surface area contributed by atoms with Crippen molar-refractivity contribution in [3.63, 3.8) is 0 Å². The Kier molecular flexibility index (Phi) is 9.72. The first-order valence-electron chi connectivity index (χ1n) is 11.8. The number of carbonyl (C=O) groups is 1. The van der Waals surface area contributed by atoms with Gasteiger partial charge >= 0.3 is 0 Å². The van der Waals surface area contributed by atoms with Crippen molar-refractivity contribution in [2.24, 2.45) is 16.5 Å². The molecule has 0 saturated heterocycles. The monoisotopic (exact) mass is 474 g/mol. The molecule has 1 saturated carbocycles. The maximum Gasteiger partial charge on any atom is 0.296 e. The average molecular weight is 475 g/mol. The summed E-state index contributed by atoms with van der Waals surface area (Å²) in [5, 5.41) is 2.96. The lowest BCUT2D eigenvalue weighted by molar-refractivity contribution is -0.116. The van der Waals surface area contributed by atoms with Crippen LogP contribution in [-0.4, -0.2) is 30.9 Å². The van der Waals surface area contributed by atoms with Gasteiger partial charge in [0.25, 0.3) is 5.91 Å². The van der Waals surface area contributed by atoms with Crippen molar-refractivity contribution in [2.75, 3.05) is 7.05 Å². The molecule has 1 unspecified atom stereocenters. The predicted molar refractivity (Wildman–Crippen MR) is 139 cm³/mol. The number of nitrogens with two attached hydrogens (primary N) is 2. The van der Waals surface area contributed by atoms with E-state index in [4.69, 9.17) is 21.2 Å². The van der Waals surface area contributed by atoms with E-state index in [9.17, 15) is 4.79 Å². The van der Waals surface area contributed by atoms with Crippen LogP contribution in [0, 0.1) is 11.8 Å². The Morgan fingerprint density at radius 1 is 1.09 bits per heavy atom. The molecule has 1 aliphatic carbocycles. The molecule has 35 heavy (non-hydrogen) atoms. The summed E-state index contributed by atoms with van der Waals surface area (Å²) >= 11 is 0. The number of para-hydroxylation sites is 1. The van der Waals surface area contributed by atoms with E-state index in [2.05, 4.69) is 28.0 Å². The van der Waals surface area contributed by atoms with Gasteiger partial charge in [-0.25, -0.2) is 5.43 Å². The molecular formula is C27H34N6O2. The van der Waals surface area contributed by atoms with Crippen LogP contribution in [0.3, 0.4) is 0 Å². The standard InChI is InChI=1S/C27H34N6O2/c1-3-7-25(34)31-20-12-14-21(15-13-20)32-27(33-30-2)24(18-28)26(29)19-10-16-23(17-11-19)35-22-8-5-4-6-9-22/h4-6,8-11,16-18,20-21,26,30H,12-15,28-29H2,1-2H3,(H,31,34)(H,32,33)/b24-18-. The summed E-state index contributed by atoms with van der Waals surface area (Å²) in [5.74, 6) is 7.03. The van der Waals surface area contributed by atoms with E-state index in [-0.39, 0.29) is 18.0 Å². The summed E-state index contributed by atoms with van der Waals surface area (Å²) in [6.45, 7) is 1.65. The molecule has 7 N–H and O–H groups in total. The van der Waals surface area contributed by atoms with Crippen LogP contribution in [0.2, 0.25) is 0 Å². The van der Waals surface area contributed by atoms with Crippen molar-refractivity contribution in [3.05, 3.63) is 71.9 Å². The Hall–Kier alpha value is -3.80. The molecule has 2 aromatic carbocycles. The number of hydrogen-bond acceptors (Lipinski definition) is 6. The summed E-state index contributed by atoms with van der Waals surface area (Å²) in [6.07, 6.45) is 4.87. The van der Waals surface area contributed by atoms with Gasteiger partial charge in [-0.3, -0.25) is 9.79 Å². The number of benzene rings is 2. The number of rotatable bonds is 8. The topological polar surface area (TPSA) is 127 Å². The van der Waals surface area contributed by atoms with E-state index in [0.29, 0.717) is 11.4 Å². The van der Waals surface area contributed by atoms with Gasteiger partial charge in [0.05, 0.1) is 12.1 Å². The molecule has 2 aromatic rings. The number of ether oxygens (including phenoxy) is 1. The smallest absolute Gasteiger partial charge is 0.296 e. The van der Waals surface area contributed by atoms with Crippen LogP contribution in [0.4, 0.5) is 0 Å². The van der Waals surface area contributed by atoms with Crippen molar-refractivity contribution in [2.45, 2.75) is 50.7 Å². The largest absolute Gasteiger partial charge is 0.457 e. The first-order valence-corrected chi connectivity index (χ1v) is 11.8. The Balaban J connectivity index is 1.67. The highest BCUT2D eigenvalue weighted by molar-refractivity contribution is 5.99. The van der Waals surface area contributed by atoms with Crippen molar-refractivity contribution < 1.29 is 9.53 Å². The zero-order valence-corrected chi connectivity index (χ0v) is 20.3. The normalized spacial score (nSPS) is 19.2. The third-order valence-corrected chi connectivity index (χ3v) is 5.83. The number of hydrazine groups is 1. The minimum atomic E-state index is -0.478. The zero-order valence-electron chi connectivity index (χ0n) is 20.3. The van der Waals surface area contributed by atoms with Gasteiger partial charge in [-0.15, -0.1) is 0 Å². The number of nitrogens with zero attached hydrogens (tertiary/aromatic N) is 1. The van der Waals surface area contributed by atoms with E-state index in [1.165, 1.54) is 6.20 Å². The number of amides is 1. The quantitative estimate of drug-likeness (QED) is 0.173. The summed E-state index contributed by atoms with van der Waals surface area (Å²) < 4.78 is 5.87. The van der Waals surface area contributed by atoms with Gasteiger partial charge in [0.15, 0.2) is 0 Å². The van der Waals surface area contributed by atoms with Crippen LogP contribution < -0.4 is 32.4 Å². The summed E-state index contributed by atoms with van der Waals surface area (Å²) in [7, 11) is 1.77. The van der Waals surface area contributed by atoms with Crippen LogP contribution in [-0.2, 0) is 4.79 Å². The third-order valence-electron chi connectivity index (χ3n) is 5.83. The Morgan fingerprint density at radius 3 is 2.34 bits per heavy atom. The van der Waals surface area contributed by atoms with Gasteiger partial charge in [-0.05, 0) is 68.4 Å². The van der Waals surface area contributed by atoms with Crippen molar-refractivity contribution in [1.82, 2.24) is 16.2 Å². The number of nitrogens with one attached hydrogen (secondary N) is 3. The Morgan fingerprint density at radius 2 is 1.74 bits per heavy atom. The highest BCUT2D eigenvalue weighted by Crippen LogP contribution is 2.27. The number of hydrogen-bond donors (Lipinski definition) is 5. The SMILES string of the molecule is CC#CC(=O)NC1CCC(N=C(NNC)/C(=C\N)C(N)c2ccc(Oc3ccccc3)cc2)CC1. The molecule has 1 aliphatic rings. The van der Waals surface area contributed by atoms with E-state index in [0.717, 1.165) is 42.7 Å². The molecule has 0 aromatic heterocycles. The Bertz CT molecular complexity index is 1080. The fourth-order valence-corrected chi connectivity index (χ4v) is 4.04. The molecule has 184 valence electrons. The summed E-state index contributed by atoms with van der Waals surface area (Å²) in [6, 6.07) is 17.0. The number of aliphatic imine (C=N–C) groups is 1. The summed E-state index contributed by atoms with van der Waals surface area (Å²) in [5.41, 5.74) is 20.2. The van der Waals surface area contributed by atoms with Crippen molar-refractivity contribution in [1.29, 1.82) is 0 Å².